The molecular formula is C12H26N2O. The predicted octanol–water partition coefficient (Wildman–Crippen LogP) is 2.07. The van der Waals surface area contributed by atoms with Crippen LogP contribution in [-0.2, 0) is 4.79 Å². The van der Waals surface area contributed by atoms with Gasteiger partial charge < -0.3 is 10.6 Å². The maximum atomic E-state index is 11.3. The van der Waals surface area contributed by atoms with E-state index >= 15 is 0 Å². The third-order valence-electron chi connectivity index (χ3n) is 2.45. The van der Waals surface area contributed by atoms with Gasteiger partial charge in [-0.1, -0.05) is 39.0 Å². The molecule has 0 fully saturated rings. The Kier molecular flexibility index (Phi) is 11.1. The third-order valence-corrected chi connectivity index (χ3v) is 2.45. The zero-order valence-electron chi connectivity index (χ0n) is 10.3. The van der Waals surface area contributed by atoms with Gasteiger partial charge in [-0.3, -0.25) is 4.79 Å². The molecule has 0 atom stereocenters. The van der Waals surface area contributed by atoms with Gasteiger partial charge in [0.2, 0.25) is 5.91 Å². The van der Waals surface area contributed by atoms with Gasteiger partial charge in [0.25, 0.3) is 0 Å². The second kappa shape index (κ2) is 11.5. The minimum absolute atomic E-state index is 0.195. The highest BCUT2D eigenvalue weighted by molar-refractivity contribution is 5.75. The highest BCUT2D eigenvalue weighted by atomic mass is 16.1. The van der Waals surface area contributed by atoms with Gasteiger partial charge in [0.05, 0.1) is 0 Å². The molecule has 0 aromatic carbocycles. The second-order valence-corrected chi connectivity index (χ2v) is 3.97. The van der Waals surface area contributed by atoms with E-state index in [-0.39, 0.29) is 5.91 Å². The van der Waals surface area contributed by atoms with Crippen LogP contribution in [0.5, 0.6) is 0 Å². The Hall–Kier alpha value is -0.570. The molecule has 2 N–H and O–H groups in total. The van der Waals surface area contributed by atoms with Gasteiger partial charge in [-0.15, -0.1) is 0 Å². The monoisotopic (exact) mass is 214 g/mol. The van der Waals surface area contributed by atoms with Crippen molar-refractivity contribution < 1.29 is 4.79 Å². The Morgan fingerprint density at radius 3 is 2.33 bits per heavy atom. The van der Waals surface area contributed by atoms with E-state index in [4.69, 9.17) is 0 Å². The molecular weight excluding hydrogens is 188 g/mol. The lowest BCUT2D eigenvalue weighted by Crippen LogP contribution is -2.30. The molecule has 3 nitrogen and oxygen atoms in total. The molecule has 0 radical (unpaired) electrons. The number of hydrogen-bond donors (Lipinski definition) is 2. The summed E-state index contributed by atoms with van der Waals surface area (Å²) in [6.07, 6.45) is 8.12. The van der Waals surface area contributed by atoms with Crippen LogP contribution >= 0.6 is 0 Å². The molecule has 0 heterocycles. The molecule has 0 bridgehead atoms. The topological polar surface area (TPSA) is 41.1 Å². The van der Waals surface area contributed by atoms with Gasteiger partial charge in [-0.2, -0.15) is 0 Å². The first-order valence-electron chi connectivity index (χ1n) is 6.22. The average Bonchev–Trinajstić information content (AvgIpc) is 2.23. The number of rotatable bonds is 10. The molecule has 0 unspecified atom stereocenters. The Labute approximate surface area is 94.0 Å². The molecule has 15 heavy (non-hydrogen) atoms. The molecule has 0 saturated heterocycles. The SMILES string of the molecule is CCCCCCCCC(=O)NCCNC. The smallest absolute Gasteiger partial charge is 0.220 e. The van der Waals surface area contributed by atoms with Gasteiger partial charge in [0.15, 0.2) is 0 Å². The van der Waals surface area contributed by atoms with Gasteiger partial charge in [0.1, 0.15) is 0 Å². The summed E-state index contributed by atoms with van der Waals surface area (Å²) in [5.74, 6) is 0.195. The van der Waals surface area contributed by atoms with Crippen LogP contribution in [0.4, 0.5) is 0 Å². The van der Waals surface area contributed by atoms with Gasteiger partial charge in [-0.05, 0) is 13.5 Å². The van der Waals surface area contributed by atoms with E-state index in [1.807, 2.05) is 7.05 Å². The highest BCUT2D eigenvalue weighted by Gasteiger charge is 1.99. The van der Waals surface area contributed by atoms with E-state index in [1.54, 1.807) is 0 Å². The Morgan fingerprint density at radius 1 is 1.00 bits per heavy atom. The standard InChI is InChI=1S/C12H26N2O/c1-3-4-5-6-7-8-9-12(15)14-11-10-13-2/h13H,3-11H2,1-2H3,(H,14,15). The maximum absolute atomic E-state index is 11.3. The number of nitrogens with one attached hydrogen (secondary N) is 2. The average molecular weight is 214 g/mol. The number of likely N-dealkylation sites (N-methyl/N-ethyl adjacent to an activating group) is 1. The Balaban J connectivity index is 3.10. The predicted molar refractivity (Wildman–Crippen MR) is 64.9 cm³/mol. The molecule has 3 heteroatoms. The number of carbonyl (C=O) groups excluding carboxylic acids is 1. The molecule has 0 rings (SSSR count). The van der Waals surface area contributed by atoms with Crippen molar-refractivity contribution in [1.29, 1.82) is 0 Å². The quantitative estimate of drug-likeness (QED) is 0.547. The lowest BCUT2D eigenvalue weighted by molar-refractivity contribution is -0.121. The highest BCUT2D eigenvalue weighted by Crippen LogP contribution is 2.06. The van der Waals surface area contributed by atoms with Crippen molar-refractivity contribution in [2.45, 2.75) is 51.9 Å². The van der Waals surface area contributed by atoms with Crippen LogP contribution in [0.1, 0.15) is 51.9 Å². The minimum Gasteiger partial charge on any atom is -0.355 e. The van der Waals surface area contributed by atoms with E-state index in [0.717, 1.165) is 19.5 Å². The fraction of sp³-hybridized carbons (Fsp3) is 0.917. The summed E-state index contributed by atoms with van der Waals surface area (Å²) in [5, 5.41) is 5.88. The molecule has 0 aliphatic rings. The van der Waals surface area contributed by atoms with Crippen molar-refractivity contribution >= 4 is 5.91 Å². The summed E-state index contributed by atoms with van der Waals surface area (Å²) >= 11 is 0. The van der Waals surface area contributed by atoms with Gasteiger partial charge in [-0.25, -0.2) is 0 Å². The zero-order valence-corrected chi connectivity index (χ0v) is 10.3. The molecule has 0 aliphatic heterocycles. The van der Waals surface area contributed by atoms with Gasteiger partial charge >= 0.3 is 0 Å². The summed E-state index contributed by atoms with van der Waals surface area (Å²) in [5.41, 5.74) is 0. The molecule has 1 amide bonds. The van der Waals surface area contributed by atoms with E-state index in [0.29, 0.717) is 6.42 Å². The summed E-state index contributed by atoms with van der Waals surface area (Å²) in [4.78, 5) is 11.3. The summed E-state index contributed by atoms with van der Waals surface area (Å²) < 4.78 is 0. The third kappa shape index (κ3) is 11.4. The number of unbranched alkanes of at least 4 members (excludes halogenated alkanes) is 5. The van der Waals surface area contributed by atoms with Crippen molar-refractivity contribution in [2.24, 2.45) is 0 Å². The Bertz CT molecular complexity index is 149. The Morgan fingerprint density at radius 2 is 1.67 bits per heavy atom. The maximum Gasteiger partial charge on any atom is 0.220 e. The molecule has 0 aromatic heterocycles. The largest absolute Gasteiger partial charge is 0.355 e. The fourth-order valence-electron chi connectivity index (χ4n) is 1.48. The van der Waals surface area contributed by atoms with E-state index in [2.05, 4.69) is 17.6 Å². The molecule has 0 aromatic rings. The lowest BCUT2D eigenvalue weighted by atomic mass is 10.1. The molecule has 0 spiro atoms. The number of amides is 1. The molecule has 90 valence electrons. The van der Waals surface area contributed by atoms with Crippen LogP contribution in [-0.4, -0.2) is 26.0 Å². The van der Waals surface area contributed by atoms with Crippen LogP contribution in [0.15, 0.2) is 0 Å². The van der Waals surface area contributed by atoms with Crippen molar-refractivity contribution in [3.8, 4) is 0 Å². The van der Waals surface area contributed by atoms with Crippen LogP contribution in [0.25, 0.3) is 0 Å². The van der Waals surface area contributed by atoms with Crippen molar-refractivity contribution in [3.63, 3.8) is 0 Å². The zero-order chi connectivity index (χ0) is 11.4. The minimum atomic E-state index is 0.195. The fourth-order valence-corrected chi connectivity index (χ4v) is 1.48. The number of carbonyl (C=O) groups is 1. The van der Waals surface area contributed by atoms with Crippen molar-refractivity contribution in [1.82, 2.24) is 10.6 Å². The van der Waals surface area contributed by atoms with Crippen LogP contribution < -0.4 is 10.6 Å². The molecule has 0 saturated carbocycles. The summed E-state index contributed by atoms with van der Waals surface area (Å²) in [7, 11) is 1.89. The summed E-state index contributed by atoms with van der Waals surface area (Å²) in [6, 6.07) is 0. The number of hydrogen-bond acceptors (Lipinski definition) is 2. The second-order valence-electron chi connectivity index (χ2n) is 3.97. The van der Waals surface area contributed by atoms with Crippen LogP contribution in [0.2, 0.25) is 0 Å². The van der Waals surface area contributed by atoms with E-state index in [9.17, 15) is 4.79 Å². The van der Waals surface area contributed by atoms with Gasteiger partial charge in [0, 0.05) is 19.5 Å². The first kappa shape index (κ1) is 14.4. The summed E-state index contributed by atoms with van der Waals surface area (Å²) in [6.45, 7) is 3.81. The van der Waals surface area contributed by atoms with Crippen molar-refractivity contribution in [2.75, 3.05) is 20.1 Å². The first-order valence-corrected chi connectivity index (χ1v) is 6.22. The van der Waals surface area contributed by atoms with Crippen LogP contribution in [0.3, 0.4) is 0 Å². The van der Waals surface area contributed by atoms with Crippen LogP contribution in [0, 0.1) is 0 Å². The lowest BCUT2D eigenvalue weighted by Gasteiger charge is -2.04. The molecule has 0 aliphatic carbocycles. The van der Waals surface area contributed by atoms with E-state index < -0.39 is 0 Å². The normalized spacial score (nSPS) is 10.3. The van der Waals surface area contributed by atoms with E-state index in [1.165, 1.54) is 32.1 Å². The van der Waals surface area contributed by atoms with Crippen molar-refractivity contribution in [3.05, 3.63) is 0 Å². The first-order chi connectivity index (χ1) is 7.31.